The highest BCUT2D eigenvalue weighted by molar-refractivity contribution is 6.17. The average molecular weight is 286 g/mol. The normalized spacial score (nSPS) is 11.7. The first-order valence-corrected chi connectivity index (χ1v) is 6.29. The number of hydrogen-bond acceptors (Lipinski definition) is 5. The summed E-state index contributed by atoms with van der Waals surface area (Å²) in [7, 11) is 0. The van der Waals surface area contributed by atoms with Crippen molar-refractivity contribution in [1.82, 2.24) is 0 Å². The molecule has 0 aromatic heterocycles. The van der Waals surface area contributed by atoms with E-state index < -0.39 is 17.9 Å². The van der Waals surface area contributed by atoms with Crippen molar-refractivity contribution in [3.63, 3.8) is 0 Å². The Morgan fingerprint density at radius 1 is 1.16 bits per heavy atom. The van der Waals surface area contributed by atoms with E-state index in [2.05, 4.69) is 4.74 Å². The molecule has 0 saturated heterocycles. The number of benzene rings is 1. The number of halogens is 1. The molecular formula is C13H16ClNO4. The van der Waals surface area contributed by atoms with Crippen LogP contribution in [0.5, 0.6) is 0 Å². The number of carbonyl (C=O) groups is 2. The van der Waals surface area contributed by atoms with Crippen molar-refractivity contribution in [2.45, 2.75) is 19.4 Å². The molecule has 0 radical (unpaired) electrons. The molecule has 19 heavy (non-hydrogen) atoms. The lowest BCUT2D eigenvalue weighted by Crippen LogP contribution is -2.27. The zero-order valence-electron chi connectivity index (χ0n) is 10.6. The molecule has 1 unspecified atom stereocenters. The molecule has 1 aromatic carbocycles. The molecule has 6 heteroatoms. The highest BCUT2D eigenvalue weighted by atomic mass is 35.5. The third-order valence-electron chi connectivity index (χ3n) is 2.49. The van der Waals surface area contributed by atoms with E-state index in [1.165, 1.54) is 6.92 Å². The van der Waals surface area contributed by atoms with Gasteiger partial charge in [-0.25, -0.2) is 0 Å². The Bertz CT molecular complexity index is 433. The molecule has 0 aliphatic heterocycles. The number of esters is 2. The van der Waals surface area contributed by atoms with Crippen LogP contribution in [0.2, 0.25) is 0 Å². The maximum Gasteiger partial charge on any atom is 0.321 e. The minimum Gasteiger partial charge on any atom is -0.460 e. The number of rotatable bonds is 6. The van der Waals surface area contributed by atoms with E-state index in [1.54, 1.807) is 0 Å². The van der Waals surface area contributed by atoms with Gasteiger partial charge in [-0.3, -0.25) is 15.3 Å². The van der Waals surface area contributed by atoms with E-state index in [0.717, 1.165) is 11.1 Å². The molecule has 0 amide bonds. The zero-order chi connectivity index (χ0) is 14.3. The summed E-state index contributed by atoms with van der Waals surface area (Å²) in [6.45, 7) is 1.26. The largest absolute Gasteiger partial charge is 0.460 e. The number of carbonyl (C=O) groups excluding carboxylic acids is 2. The molecule has 0 aliphatic carbocycles. The summed E-state index contributed by atoms with van der Waals surface area (Å²) in [5, 5.41) is 0. The van der Waals surface area contributed by atoms with E-state index >= 15 is 0 Å². The summed E-state index contributed by atoms with van der Waals surface area (Å²) < 4.78 is 9.55. The third-order valence-corrected chi connectivity index (χ3v) is 2.80. The van der Waals surface area contributed by atoms with Gasteiger partial charge in [-0.15, -0.1) is 11.6 Å². The number of nitrogens with two attached hydrogens (primary N) is 1. The molecule has 1 rings (SSSR count). The highest BCUT2D eigenvalue weighted by Gasteiger charge is 2.24. The molecule has 0 fully saturated rings. The fourth-order valence-electron chi connectivity index (χ4n) is 1.31. The van der Waals surface area contributed by atoms with Crippen LogP contribution in [-0.2, 0) is 31.5 Å². The second-order valence-corrected chi connectivity index (χ2v) is 4.18. The lowest BCUT2D eigenvalue weighted by Gasteiger charge is -2.10. The quantitative estimate of drug-likeness (QED) is 0.371. The second-order valence-electron chi connectivity index (χ2n) is 3.91. The second kappa shape index (κ2) is 7.76. The Hall–Kier alpha value is -1.59. The SMILES string of the molecule is CC(C(=O)OCN)C(=O)OCc1ccc(CCl)cc1. The van der Waals surface area contributed by atoms with Crippen molar-refractivity contribution in [3.8, 4) is 0 Å². The Kier molecular flexibility index (Phi) is 6.32. The van der Waals surface area contributed by atoms with Gasteiger partial charge in [-0.2, -0.15) is 0 Å². The van der Waals surface area contributed by atoms with Gasteiger partial charge in [-0.1, -0.05) is 24.3 Å². The van der Waals surface area contributed by atoms with Crippen molar-refractivity contribution in [3.05, 3.63) is 35.4 Å². The maximum absolute atomic E-state index is 11.6. The predicted octanol–water partition coefficient (Wildman–Crippen LogP) is 1.56. The van der Waals surface area contributed by atoms with Crippen molar-refractivity contribution in [1.29, 1.82) is 0 Å². The Morgan fingerprint density at radius 3 is 2.21 bits per heavy atom. The molecule has 0 aliphatic rings. The molecule has 1 aromatic rings. The van der Waals surface area contributed by atoms with Crippen LogP contribution in [-0.4, -0.2) is 18.7 Å². The smallest absolute Gasteiger partial charge is 0.321 e. The van der Waals surface area contributed by atoms with Crippen LogP contribution in [0.1, 0.15) is 18.1 Å². The summed E-state index contributed by atoms with van der Waals surface area (Å²) in [5.41, 5.74) is 6.86. The van der Waals surface area contributed by atoms with Crippen LogP contribution in [0.3, 0.4) is 0 Å². The van der Waals surface area contributed by atoms with Crippen molar-refractivity contribution in [2.75, 3.05) is 6.73 Å². The monoisotopic (exact) mass is 285 g/mol. The predicted molar refractivity (Wildman–Crippen MR) is 70.1 cm³/mol. The first kappa shape index (κ1) is 15.5. The summed E-state index contributed by atoms with van der Waals surface area (Å²) in [5.74, 6) is -1.88. The minimum atomic E-state index is -0.981. The van der Waals surface area contributed by atoms with Gasteiger partial charge in [0.05, 0.1) is 0 Å². The molecule has 1 atom stereocenters. The average Bonchev–Trinajstić information content (AvgIpc) is 2.44. The number of ether oxygens (including phenoxy) is 2. The summed E-state index contributed by atoms with van der Waals surface area (Å²) in [6, 6.07) is 7.33. The molecule has 0 saturated carbocycles. The lowest BCUT2D eigenvalue weighted by molar-refractivity contribution is -0.161. The number of hydrogen-bond donors (Lipinski definition) is 1. The van der Waals surface area contributed by atoms with Crippen LogP contribution < -0.4 is 5.73 Å². The van der Waals surface area contributed by atoms with Crippen molar-refractivity contribution in [2.24, 2.45) is 11.7 Å². The van der Waals surface area contributed by atoms with Gasteiger partial charge in [0, 0.05) is 5.88 Å². The summed E-state index contributed by atoms with van der Waals surface area (Å²) in [6.07, 6.45) is 0. The van der Waals surface area contributed by atoms with Gasteiger partial charge < -0.3 is 9.47 Å². The highest BCUT2D eigenvalue weighted by Crippen LogP contribution is 2.09. The van der Waals surface area contributed by atoms with Crippen molar-refractivity contribution >= 4 is 23.5 Å². The first-order valence-electron chi connectivity index (χ1n) is 5.75. The van der Waals surface area contributed by atoms with Crippen molar-refractivity contribution < 1.29 is 19.1 Å². The fourth-order valence-corrected chi connectivity index (χ4v) is 1.49. The van der Waals surface area contributed by atoms with Crippen LogP contribution in [0, 0.1) is 5.92 Å². The van der Waals surface area contributed by atoms with Gasteiger partial charge in [0.1, 0.15) is 13.3 Å². The van der Waals surface area contributed by atoms with Crippen LogP contribution in [0.25, 0.3) is 0 Å². The Balaban J connectivity index is 2.46. The van der Waals surface area contributed by atoms with Gasteiger partial charge in [0.15, 0.2) is 5.92 Å². The third kappa shape index (κ3) is 4.89. The molecule has 0 spiro atoms. The van der Waals surface area contributed by atoms with Crippen LogP contribution in [0.4, 0.5) is 0 Å². The fraction of sp³-hybridized carbons (Fsp3) is 0.385. The molecule has 2 N–H and O–H groups in total. The molecule has 0 bridgehead atoms. The molecular weight excluding hydrogens is 270 g/mol. The Labute approximate surface area is 116 Å². The van der Waals surface area contributed by atoms with E-state index in [1.807, 2.05) is 24.3 Å². The Morgan fingerprint density at radius 2 is 1.68 bits per heavy atom. The topological polar surface area (TPSA) is 78.6 Å². The first-order chi connectivity index (χ1) is 9.08. The van der Waals surface area contributed by atoms with E-state index in [9.17, 15) is 9.59 Å². The lowest BCUT2D eigenvalue weighted by atomic mass is 10.1. The minimum absolute atomic E-state index is 0.0989. The van der Waals surface area contributed by atoms with Gasteiger partial charge >= 0.3 is 11.9 Å². The molecule has 104 valence electrons. The summed E-state index contributed by atoms with van der Waals surface area (Å²) in [4.78, 5) is 22.8. The van der Waals surface area contributed by atoms with E-state index in [4.69, 9.17) is 22.1 Å². The van der Waals surface area contributed by atoms with E-state index in [0.29, 0.717) is 5.88 Å². The van der Waals surface area contributed by atoms with Gasteiger partial charge in [0.25, 0.3) is 0 Å². The maximum atomic E-state index is 11.6. The number of alkyl halides is 1. The summed E-state index contributed by atoms with van der Waals surface area (Å²) >= 11 is 5.67. The molecule has 5 nitrogen and oxygen atoms in total. The van der Waals surface area contributed by atoms with Crippen LogP contribution in [0.15, 0.2) is 24.3 Å². The van der Waals surface area contributed by atoms with Crippen LogP contribution >= 0.6 is 11.6 Å². The van der Waals surface area contributed by atoms with E-state index in [-0.39, 0.29) is 13.3 Å². The van der Waals surface area contributed by atoms with Gasteiger partial charge in [-0.05, 0) is 18.1 Å². The van der Waals surface area contributed by atoms with Gasteiger partial charge in [0.2, 0.25) is 0 Å². The molecule has 0 heterocycles. The zero-order valence-corrected chi connectivity index (χ0v) is 11.4. The standard InChI is InChI=1S/C13H16ClNO4/c1-9(13(17)19-8-15)12(16)18-7-11-4-2-10(6-14)3-5-11/h2-5,9H,6-8,15H2,1H3.